The predicted octanol–water partition coefficient (Wildman–Crippen LogP) is 6.06. The van der Waals surface area contributed by atoms with Crippen molar-refractivity contribution in [3.05, 3.63) is 94.5 Å². The highest BCUT2D eigenvalue weighted by atomic mass is 35.5. The van der Waals surface area contributed by atoms with Gasteiger partial charge in [-0.05, 0) is 79.3 Å². The number of carbonyl (C=O) groups is 1. The van der Waals surface area contributed by atoms with Crippen LogP contribution in [0.25, 0.3) is 0 Å². The molecule has 7 heteroatoms. The number of rotatable bonds is 9. The van der Waals surface area contributed by atoms with E-state index in [-0.39, 0.29) is 23.4 Å². The Labute approximate surface area is 207 Å². The van der Waals surface area contributed by atoms with Crippen LogP contribution >= 0.6 is 11.6 Å². The lowest BCUT2D eigenvalue weighted by Crippen LogP contribution is -2.42. The summed E-state index contributed by atoms with van der Waals surface area (Å²) in [6.07, 6.45) is 0.739. The van der Waals surface area contributed by atoms with E-state index in [1.54, 1.807) is 12.1 Å². The van der Waals surface area contributed by atoms with Crippen LogP contribution in [-0.4, -0.2) is 20.9 Å². The van der Waals surface area contributed by atoms with Gasteiger partial charge in [-0.25, -0.2) is 8.42 Å². The fourth-order valence-corrected chi connectivity index (χ4v) is 5.27. The Morgan fingerprint density at radius 3 is 2.18 bits per heavy atom. The molecule has 1 atom stereocenters. The zero-order valence-corrected chi connectivity index (χ0v) is 21.5. The van der Waals surface area contributed by atoms with E-state index < -0.39 is 10.0 Å². The van der Waals surface area contributed by atoms with Gasteiger partial charge >= 0.3 is 0 Å². The molecule has 0 aliphatic heterocycles. The van der Waals surface area contributed by atoms with Crippen molar-refractivity contribution in [2.45, 2.75) is 45.1 Å². The fourth-order valence-electron chi connectivity index (χ4n) is 3.74. The second kappa shape index (κ2) is 11.1. The first-order valence-electron chi connectivity index (χ1n) is 11.3. The SMILES string of the molecule is Cc1ccc(N(CC(=O)N[C@@H](CC(C)C)c2ccccc2)S(=O)(=O)c2ccc(Cl)cc2)cc1C. The molecule has 34 heavy (non-hydrogen) atoms. The van der Waals surface area contributed by atoms with Crippen molar-refractivity contribution in [1.82, 2.24) is 5.32 Å². The van der Waals surface area contributed by atoms with Gasteiger partial charge in [-0.1, -0.05) is 61.8 Å². The molecule has 0 heterocycles. The van der Waals surface area contributed by atoms with Gasteiger partial charge in [-0.15, -0.1) is 0 Å². The number of hydrogen-bond acceptors (Lipinski definition) is 3. The van der Waals surface area contributed by atoms with Crippen molar-refractivity contribution < 1.29 is 13.2 Å². The molecule has 1 N–H and O–H groups in total. The van der Waals surface area contributed by atoms with Crippen molar-refractivity contribution in [1.29, 1.82) is 0 Å². The van der Waals surface area contributed by atoms with Crippen LogP contribution in [0.4, 0.5) is 5.69 Å². The highest BCUT2D eigenvalue weighted by Gasteiger charge is 2.28. The summed E-state index contributed by atoms with van der Waals surface area (Å²) in [6.45, 7) is 7.72. The number of nitrogens with one attached hydrogen (secondary N) is 1. The van der Waals surface area contributed by atoms with Gasteiger partial charge in [0, 0.05) is 5.02 Å². The quantitative estimate of drug-likeness (QED) is 0.390. The van der Waals surface area contributed by atoms with E-state index >= 15 is 0 Å². The molecule has 0 radical (unpaired) electrons. The van der Waals surface area contributed by atoms with E-state index in [1.807, 2.05) is 50.2 Å². The summed E-state index contributed by atoms with van der Waals surface area (Å²) in [6, 6.07) is 20.9. The molecule has 0 bridgehead atoms. The Kier molecular flexibility index (Phi) is 8.39. The zero-order chi connectivity index (χ0) is 24.9. The first-order valence-corrected chi connectivity index (χ1v) is 13.1. The number of benzene rings is 3. The predicted molar refractivity (Wildman–Crippen MR) is 139 cm³/mol. The molecule has 5 nitrogen and oxygen atoms in total. The lowest BCUT2D eigenvalue weighted by molar-refractivity contribution is -0.120. The molecule has 3 aromatic carbocycles. The molecule has 0 aliphatic rings. The molecule has 0 unspecified atom stereocenters. The summed E-state index contributed by atoms with van der Waals surface area (Å²) in [5.74, 6) is -0.0237. The maximum atomic E-state index is 13.6. The summed E-state index contributed by atoms with van der Waals surface area (Å²) < 4.78 is 28.4. The van der Waals surface area contributed by atoms with E-state index in [2.05, 4.69) is 19.2 Å². The molecule has 3 rings (SSSR count). The minimum absolute atomic E-state index is 0.0738. The number of amides is 1. The van der Waals surface area contributed by atoms with Crippen molar-refractivity contribution >= 4 is 33.2 Å². The monoisotopic (exact) mass is 498 g/mol. The molecule has 1 amide bonds. The molecule has 0 aliphatic carbocycles. The normalized spacial score (nSPS) is 12.4. The van der Waals surface area contributed by atoms with Crippen molar-refractivity contribution in [2.75, 3.05) is 10.8 Å². The Bertz CT molecular complexity index is 1230. The van der Waals surface area contributed by atoms with Crippen molar-refractivity contribution in [2.24, 2.45) is 5.92 Å². The number of aryl methyl sites for hydroxylation is 2. The van der Waals surface area contributed by atoms with Crippen LogP contribution in [0.5, 0.6) is 0 Å². The van der Waals surface area contributed by atoms with E-state index in [0.29, 0.717) is 16.6 Å². The van der Waals surface area contributed by atoms with Crippen LogP contribution in [0.3, 0.4) is 0 Å². The first kappa shape index (κ1) is 25.8. The minimum Gasteiger partial charge on any atom is -0.348 e. The molecular formula is C27H31ClN2O3S. The standard InChI is InChI=1S/C27H31ClN2O3S/c1-19(2)16-26(22-8-6-5-7-9-22)29-27(31)18-30(24-13-10-20(3)21(4)17-24)34(32,33)25-14-11-23(28)12-15-25/h5-15,17,19,26H,16,18H2,1-4H3,(H,29,31)/t26-/m0/s1. The van der Waals surface area contributed by atoms with Gasteiger partial charge in [0.25, 0.3) is 10.0 Å². The van der Waals surface area contributed by atoms with E-state index in [0.717, 1.165) is 27.4 Å². The molecule has 0 saturated heterocycles. The van der Waals surface area contributed by atoms with Gasteiger partial charge in [-0.2, -0.15) is 0 Å². The topological polar surface area (TPSA) is 66.5 Å². The van der Waals surface area contributed by atoms with Gasteiger partial charge in [0.2, 0.25) is 5.91 Å². The molecule has 3 aromatic rings. The van der Waals surface area contributed by atoms with Gasteiger partial charge in [0.1, 0.15) is 6.54 Å². The number of sulfonamides is 1. The Balaban J connectivity index is 1.95. The number of nitrogens with zero attached hydrogens (tertiary/aromatic N) is 1. The summed E-state index contributed by atoms with van der Waals surface area (Å²) in [7, 11) is -4.01. The third-order valence-corrected chi connectivity index (χ3v) is 7.75. The summed E-state index contributed by atoms with van der Waals surface area (Å²) in [5.41, 5.74) is 3.41. The zero-order valence-electron chi connectivity index (χ0n) is 20.0. The van der Waals surface area contributed by atoms with Crippen LogP contribution < -0.4 is 9.62 Å². The molecular weight excluding hydrogens is 468 g/mol. The Morgan fingerprint density at radius 1 is 0.941 bits per heavy atom. The second-order valence-corrected chi connectivity index (χ2v) is 11.2. The van der Waals surface area contributed by atoms with Crippen LogP contribution in [0, 0.1) is 19.8 Å². The first-order chi connectivity index (χ1) is 16.1. The smallest absolute Gasteiger partial charge is 0.264 e. The molecule has 0 aromatic heterocycles. The third kappa shape index (κ3) is 6.39. The lowest BCUT2D eigenvalue weighted by atomic mass is 9.97. The fraction of sp³-hybridized carbons (Fsp3) is 0.296. The Hall–Kier alpha value is -2.83. The van der Waals surface area contributed by atoms with Crippen molar-refractivity contribution in [3.8, 4) is 0 Å². The van der Waals surface area contributed by atoms with Crippen LogP contribution in [0.15, 0.2) is 77.7 Å². The lowest BCUT2D eigenvalue weighted by Gasteiger charge is -2.27. The summed E-state index contributed by atoms with van der Waals surface area (Å²) >= 11 is 5.97. The van der Waals surface area contributed by atoms with E-state index in [1.165, 1.54) is 24.3 Å². The van der Waals surface area contributed by atoms with Gasteiger partial charge < -0.3 is 5.32 Å². The maximum Gasteiger partial charge on any atom is 0.264 e. The highest BCUT2D eigenvalue weighted by molar-refractivity contribution is 7.92. The van der Waals surface area contributed by atoms with E-state index in [9.17, 15) is 13.2 Å². The van der Waals surface area contributed by atoms with Crippen molar-refractivity contribution in [3.63, 3.8) is 0 Å². The van der Waals surface area contributed by atoms with Gasteiger partial charge in [0.15, 0.2) is 0 Å². The van der Waals surface area contributed by atoms with E-state index in [4.69, 9.17) is 11.6 Å². The van der Waals surface area contributed by atoms with Crippen LogP contribution in [0.2, 0.25) is 5.02 Å². The number of halogens is 1. The van der Waals surface area contributed by atoms with Gasteiger partial charge in [-0.3, -0.25) is 9.10 Å². The molecule has 0 fully saturated rings. The third-order valence-electron chi connectivity index (χ3n) is 5.71. The number of carbonyl (C=O) groups excluding carboxylic acids is 1. The number of hydrogen-bond donors (Lipinski definition) is 1. The maximum absolute atomic E-state index is 13.6. The van der Waals surface area contributed by atoms with Crippen LogP contribution in [0.1, 0.15) is 43.0 Å². The molecule has 0 spiro atoms. The largest absolute Gasteiger partial charge is 0.348 e. The highest BCUT2D eigenvalue weighted by Crippen LogP contribution is 2.27. The molecule has 0 saturated carbocycles. The van der Waals surface area contributed by atoms with Crippen LogP contribution in [-0.2, 0) is 14.8 Å². The minimum atomic E-state index is -4.01. The average molecular weight is 499 g/mol. The molecule has 180 valence electrons. The average Bonchev–Trinajstić information content (AvgIpc) is 2.79. The second-order valence-electron chi connectivity index (χ2n) is 8.89. The Morgan fingerprint density at radius 2 is 1.59 bits per heavy atom. The summed E-state index contributed by atoms with van der Waals surface area (Å²) in [5, 5.41) is 3.50. The number of anilines is 1. The van der Waals surface area contributed by atoms with Gasteiger partial charge in [0.05, 0.1) is 16.6 Å². The summed E-state index contributed by atoms with van der Waals surface area (Å²) in [4.78, 5) is 13.3.